The van der Waals surface area contributed by atoms with Crippen molar-refractivity contribution in [2.24, 2.45) is 0 Å². The Morgan fingerprint density at radius 3 is 1.70 bits per heavy atom. The Hall–Kier alpha value is -4.67. The zero-order valence-corrected chi connectivity index (χ0v) is 22.6. The number of ether oxygens (including phenoxy) is 2. The maximum absolute atomic E-state index is 11.3. The van der Waals surface area contributed by atoms with Gasteiger partial charge in [0.15, 0.2) is 6.10 Å². The van der Waals surface area contributed by atoms with E-state index in [4.69, 9.17) is 9.47 Å². The summed E-state index contributed by atoms with van der Waals surface area (Å²) in [5.41, 5.74) is 6.50. The van der Waals surface area contributed by atoms with Crippen LogP contribution in [0.3, 0.4) is 0 Å². The Balaban J connectivity index is 1.43. The summed E-state index contributed by atoms with van der Waals surface area (Å²) in [6.45, 7) is 2.57. The van der Waals surface area contributed by atoms with Crippen LogP contribution in [0.5, 0.6) is 5.75 Å². The van der Waals surface area contributed by atoms with Crippen molar-refractivity contribution in [2.75, 3.05) is 13.2 Å². The number of carboxylic acids is 1. The first-order valence-electron chi connectivity index (χ1n) is 13.4. The summed E-state index contributed by atoms with van der Waals surface area (Å²) >= 11 is 0. The molecule has 0 bridgehead atoms. The largest absolute Gasteiger partial charge is 0.490 e. The summed E-state index contributed by atoms with van der Waals surface area (Å²) in [5.74, 6) is -0.228. The van der Waals surface area contributed by atoms with E-state index in [-0.39, 0.29) is 0 Å². The van der Waals surface area contributed by atoms with E-state index in [1.807, 2.05) is 66.7 Å². The van der Waals surface area contributed by atoms with E-state index in [0.29, 0.717) is 19.6 Å². The third kappa shape index (κ3) is 9.26. The molecule has 4 nitrogen and oxygen atoms in total. The number of hydrogen-bond acceptors (Lipinski definition) is 3. The van der Waals surface area contributed by atoms with Gasteiger partial charge in [-0.05, 0) is 76.7 Å². The molecule has 4 aromatic rings. The monoisotopic (exact) mass is 530 g/mol. The molecule has 0 aliphatic heterocycles. The molecule has 1 N–H and O–H groups in total. The van der Waals surface area contributed by atoms with Crippen molar-refractivity contribution in [3.8, 4) is 5.75 Å². The molecule has 0 aliphatic carbocycles. The van der Waals surface area contributed by atoms with Gasteiger partial charge in [0.2, 0.25) is 0 Å². The first-order chi connectivity index (χ1) is 19.6. The van der Waals surface area contributed by atoms with E-state index in [0.717, 1.165) is 39.1 Å². The maximum Gasteiger partial charge on any atom is 0.333 e. The van der Waals surface area contributed by atoms with E-state index in [2.05, 4.69) is 72.8 Å². The molecule has 4 aromatic carbocycles. The standard InChI is InChI=1S/C36H34O4/c1-2-39-35(36(37)38)27-30-19-21-34(22-20-30)40-23-9-14-31-24-32(17-15-28-10-5-3-6-11-28)26-33(25-31)18-16-29-12-7-4-8-13-29/h3-22,24-26,35H,2,23,27H2,1H3,(H,37,38)/b14-9+,17-15+,18-16+. The van der Waals surface area contributed by atoms with Crippen molar-refractivity contribution in [3.05, 3.63) is 143 Å². The third-order valence-corrected chi connectivity index (χ3v) is 6.18. The number of hydrogen-bond donors (Lipinski definition) is 1. The van der Waals surface area contributed by atoms with Crippen molar-refractivity contribution >= 4 is 36.3 Å². The average molecular weight is 531 g/mol. The number of aliphatic carboxylic acids is 1. The molecule has 0 aromatic heterocycles. The van der Waals surface area contributed by atoms with Gasteiger partial charge in [0, 0.05) is 13.0 Å². The molecule has 0 radical (unpaired) electrons. The molecule has 1 unspecified atom stereocenters. The van der Waals surface area contributed by atoms with Crippen LogP contribution in [0.2, 0.25) is 0 Å². The maximum atomic E-state index is 11.3. The highest BCUT2D eigenvalue weighted by Crippen LogP contribution is 2.19. The second-order valence-corrected chi connectivity index (χ2v) is 9.26. The minimum atomic E-state index is -0.953. The van der Waals surface area contributed by atoms with Crippen LogP contribution in [-0.4, -0.2) is 30.4 Å². The fraction of sp³-hybridized carbons (Fsp3) is 0.139. The van der Waals surface area contributed by atoms with Crippen LogP contribution in [0.4, 0.5) is 0 Å². The molecule has 0 amide bonds. The van der Waals surface area contributed by atoms with Crippen LogP contribution in [0.1, 0.15) is 40.3 Å². The summed E-state index contributed by atoms with van der Waals surface area (Å²) in [6.07, 6.45) is 12.0. The lowest BCUT2D eigenvalue weighted by Crippen LogP contribution is -2.26. The van der Waals surface area contributed by atoms with Gasteiger partial charge in [0.1, 0.15) is 12.4 Å². The first kappa shape index (κ1) is 28.3. The molecule has 0 aliphatic rings. The van der Waals surface area contributed by atoms with Crippen LogP contribution < -0.4 is 4.74 Å². The van der Waals surface area contributed by atoms with E-state index in [1.54, 1.807) is 6.92 Å². The van der Waals surface area contributed by atoms with Gasteiger partial charge in [0.05, 0.1) is 0 Å². The van der Waals surface area contributed by atoms with Gasteiger partial charge < -0.3 is 14.6 Å². The Morgan fingerprint density at radius 2 is 1.20 bits per heavy atom. The predicted molar refractivity (Wildman–Crippen MR) is 165 cm³/mol. The molecule has 4 rings (SSSR count). The zero-order chi connectivity index (χ0) is 28.0. The van der Waals surface area contributed by atoms with Crippen LogP contribution in [0, 0.1) is 0 Å². The van der Waals surface area contributed by atoms with Gasteiger partial charge >= 0.3 is 5.97 Å². The quantitative estimate of drug-likeness (QED) is 0.177. The van der Waals surface area contributed by atoms with Crippen molar-refractivity contribution in [3.63, 3.8) is 0 Å². The second-order valence-electron chi connectivity index (χ2n) is 9.26. The minimum absolute atomic E-state index is 0.319. The van der Waals surface area contributed by atoms with Gasteiger partial charge in [-0.25, -0.2) is 4.79 Å². The normalized spacial score (nSPS) is 12.3. The molecule has 202 valence electrons. The van der Waals surface area contributed by atoms with Gasteiger partial charge in [-0.2, -0.15) is 0 Å². The fourth-order valence-electron chi connectivity index (χ4n) is 4.19. The van der Waals surface area contributed by atoms with Crippen molar-refractivity contribution in [1.29, 1.82) is 0 Å². The summed E-state index contributed by atoms with van der Waals surface area (Å²) in [5, 5.41) is 9.29. The summed E-state index contributed by atoms with van der Waals surface area (Å²) in [7, 11) is 0. The van der Waals surface area contributed by atoms with E-state index < -0.39 is 12.1 Å². The molecule has 0 saturated carbocycles. The molecule has 0 spiro atoms. The van der Waals surface area contributed by atoms with E-state index in [9.17, 15) is 9.90 Å². The smallest absolute Gasteiger partial charge is 0.333 e. The second kappa shape index (κ2) is 15.1. The zero-order valence-electron chi connectivity index (χ0n) is 22.6. The Bertz CT molecular complexity index is 1370. The molecular weight excluding hydrogens is 496 g/mol. The van der Waals surface area contributed by atoms with E-state index >= 15 is 0 Å². The highest BCUT2D eigenvalue weighted by molar-refractivity contribution is 5.76. The predicted octanol–water partition coefficient (Wildman–Crippen LogP) is 8.15. The average Bonchev–Trinajstić information content (AvgIpc) is 2.99. The minimum Gasteiger partial charge on any atom is -0.490 e. The van der Waals surface area contributed by atoms with Gasteiger partial charge in [0.25, 0.3) is 0 Å². The highest BCUT2D eigenvalue weighted by Gasteiger charge is 2.17. The lowest BCUT2D eigenvalue weighted by molar-refractivity contribution is -0.149. The lowest BCUT2D eigenvalue weighted by atomic mass is 10.0. The molecule has 0 saturated heterocycles. The van der Waals surface area contributed by atoms with Gasteiger partial charge in [-0.15, -0.1) is 0 Å². The summed E-state index contributed by atoms with van der Waals surface area (Å²) in [4.78, 5) is 11.3. The van der Waals surface area contributed by atoms with Crippen LogP contribution in [-0.2, 0) is 16.0 Å². The van der Waals surface area contributed by atoms with Crippen LogP contribution >= 0.6 is 0 Å². The molecule has 0 heterocycles. The SMILES string of the molecule is CCOC(Cc1ccc(OC/C=C/c2cc(/C=C/c3ccccc3)cc(/C=C/c3ccccc3)c2)cc1)C(=O)O. The van der Waals surface area contributed by atoms with Crippen molar-refractivity contribution < 1.29 is 19.4 Å². The lowest BCUT2D eigenvalue weighted by Gasteiger charge is -2.12. The number of benzene rings is 4. The highest BCUT2D eigenvalue weighted by atomic mass is 16.5. The Kier molecular flexibility index (Phi) is 10.7. The van der Waals surface area contributed by atoms with Gasteiger partial charge in [-0.1, -0.05) is 103 Å². The molecule has 4 heteroatoms. The molecule has 1 atom stereocenters. The van der Waals surface area contributed by atoms with Gasteiger partial charge in [-0.3, -0.25) is 0 Å². The number of carboxylic acid groups (broad SMARTS) is 1. The molecular formula is C36H34O4. The van der Waals surface area contributed by atoms with E-state index in [1.165, 1.54) is 0 Å². The van der Waals surface area contributed by atoms with Crippen molar-refractivity contribution in [2.45, 2.75) is 19.4 Å². The first-order valence-corrected chi connectivity index (χ1v) is 13.4. The van der Waals surface area contributed by atoms with Crippen molar-refractivity contribution in [1.82, 2.24) is 0 Å². The summed E-state index contributed by atoms with van der Waals surface area (Å²) in [6, 6.07) is 34.5. The number of rotatable bonds is 13. The topological polar surface area (TPSA) is 55.8 Å². The molecule has 40 heavy (non-hydrogen) atoms. The van der Waals surface area contributed by atoms with Crippen LogP contribution in [0.15, 0.2) is 109 Å². The Morgan fingerprint density at radius 1 is 0.700 bits per heavy atom. The van der Waals surface area contributed by atoms with Crippen LogP contribution in [0.25, 0.3) is 30.4 Å². The Labute approximate surface area is 236 Å². The number of carbonyl (C=O) groups is 1. The fourth-order valence-corrected chi connectivity index (χ4v) is 4.19. The molecule has 0 fully saturated rings. The summed E-state index contributed by atoms with van der Waals surface area (Å²) < 4.78 is 11.2. The third-order valence-electron chi connectivity index (χ3n) is 6.18.